The van der Waals surface area contributed by atoms with Gasteiger partial charge in [0.1, 0.15) is 11.8 Å². The van der Waals surface area contributed by atoms with Crippen LogP contribution in [0.2, 0.25) is 0 Å². The number of hydrogen-bond acceptors (Lipinski definition) is 2. The third-order valence-electron chi connectivity index (χ3n) is 4.51. The average Bonchev–Trinajstić information content (AvgIpc) is 3.04. The molecule has 0 N–H and O–H groups in total. The monoisotopic (exact) mass is 321 g/mol. The van der Waals surface area contributed by atoms with Crippen LogP contribution in [0.4, 0.5) is 0 Å². The van der Waals surface area contributed by atoms with Crippen molar-refractivity contribution in [3.8, 4) is 16.9 Å². The van der Waals surface area contributed by atoms with Gasteiger partial charge in [-0.3, -0.25) is 0 Å². The van der Waals surface area contributed by atoms with Gasteiger partial charge in [-0.25, -0.2) is 9.97 Å². The molecule has 0 saturated heterocycles. The molecule has 0 fully saturated rings. The van der Waals surface area contributed by atoms with Crippen molar-refractivity contribution in [1.82, 2.24) is 14.5 Å². The second-order valence-corrected chi connectivity index (χ2v) is 5.97. The lowest BCUT2D eigenvalue weighted by molar-refractivity contribution is 1.15. The molecule has 2 heterocycles. The molecule has 0 aliphatic rings. The smallest absolute Gasteiger partial charge is 0.116 e. The Bertz CT molecular complexity index is 1180. The second-order valence-electron chi connectivity index (χ2n) is 5.97. The van der Waals surface area contributed by atoms with Crippen LogP contribution in [0.5, 0.6) is 0 Å². The van der Waals surface area contributed by atoms with Crippen LogP contribution in [0.3, 0.4) is 0 Å². The Hall–Kier alpha value is -3.46. The van der Waals surface area contributed by atoms with Gasteiger partial charge in [0.2, 0.25) is 0 Å². The van der Waals surface area contributed by atoms with Crippen LogP contribution in [-0.2, 0) is 0 Å². The summed E-state index contributed by atoms with van der Waals surface area (Å²) in [6, 6.07) is 29.1. The first-order chi connectivity index (χ1) is 12.4. The van der Waals surface area contributed by atoms with Gasteiger partial charge < -0.3 is 4.57 Å². The lowest BCUT2D eigenvalue weighted by Crippen LogP contribution is -1.97. The van der Waals surface area contributed by atoms with Crippen molar-refractivity contribution >= 4 is 21.9 Å². The minimum Gasteiger partial charge on any atom is -0.306 e. The summed E-state index contributed by atoms with van der Waals surface area (Å²) in [5.74, 6) is 0. The number of fused-ring (bicyclic) bond motifs is 3. The molecule has 3 aromatic carbocycles. The number of benzene rings is 3. The molecule has 0 aliphatic carbocycles. The first-order valence-electron chi connectivity index (χ1n) is 8.28. The lowest BCUT2D eigenvalue weighted by Gasteiger charge is -2.10. The van der Waals surface area contributed by atoms with Crippen molar-refractivity contribution < 1.29 is 0 Å². The minimum absolute atomic E-state index is 0.950. The molecule has 0 saturated carbocycles. The maximum Gasteiger partial charge on any atom is 0.116 e. The number of hydrogen-bond donors (Lipinski definition) is 0. The fourth-order valence-electron chi connectivity index (χ4n) is 3.43. The summed E-state index contributed by atoms with van der Waals surface area (Å²) < 4.78 is 2.26. The van der Waals surface area contributed by atoms with Crippen molar-refractivity contribution in [3.05, 3.63) is 91.3 Å². The van der Waals surface area contributed by atoms with E-state index in [4.69, 9.17) is 0 Å². The first kappa shape index (κ1) is 13.9. The van der Waals surface area contributed by atoms with Crippen LogP contribution in [0.25, 0.3) is 38.9 Å². The zero-order valence-electron chi connectivity index (χ0n) is 13.5. The summed E-state index contributed by atoms with van der Waals surface area (Å²) in [6.07, 6.45) is 1.66. The Morgan fingerprint density at radius 2 is 1.32 bits per heavy atom. The molecule has 25 heavy (non-hydrogen) atoms. The SMILES string of the molecule is c1ccc(-c2ncnc3c4ccccc4n(-c4ccccc4)c23)cc1. The molecular weight excluding hydrogens is 306 g/mol. The summed E-state index contributed by atoms with van der Waals surface area (Å²) >= 11 is 0. The van der Waals surface area contributed by atoms with E-state index in [0.717, 1.165) is 38.9 Å². The molecule has 3 heteroatoms. The summed E-state index contributed by atoms with van der Waals surface area (Å²) in [6.45, 7) is 0. The Labute approximate surface area is 145 Å². The van der Waals surface area contributed by atoms with Crippen molar-refractivity contribution in [1.29, 1.82) is 0 Å². The zero-order chi connectivity index (χ0) is 16.6. The Balaban J connectivity index is 1.99. The van der Waals surface area contributed by atoms with E-state index in [1.165, 1.54) is 0 Å². The molecule has 0 radical (unpaired) electrons. The average molecular weight is 321 g/mol. The lowest BCUT2D eigenvalue weighted by atomic mass is 10.1. The summed E-state index contributed by atoms with van der Waals surface area (Å²) in [5.41, 5.74) is 6.32. The van der Waals surface area contributed by atoms with E-state index in [1.807, 2.05) is 24.3 Å². The highest BCUT2D eigenvalue weighted by Gasteiger charge is 2.17. The predicted molar refractivity (Wildman–Crippen MR) is 102 cm³/mol. The van der Waals surface area contributed by atoms with E-state index in [0.29, 0.717) is 0 Å². The van der Waals surface area contributed by atoms with Crippen LogP contribution >= 0.6 is 0 Å². The topological polar surface area (TPSA) is 30.7 Å². The largest absolute Gasteiger partial charge is 0.306 e. The van der Waals surface area contributed by atoms with Crippen LogP contribution in [0, 0.1) is 0 Å². The molecule has 0 bridgehead atoms. The Morgan fingerprint density at radius 3 is 2.12 bits per heavy atom. The van der Waals surface area contributed by atoms with Gasteiger partial charge in [-0.05, 0) is 18.2 Å². The molecule has 2 aromatic heterocycles. The molecule has 0 unspecified atom stereocenters. The van der Waals surface area contributed by atoms with Crippen LogP contribution < -0.4 is 0 Å². The van der Waals surface area contributed by atoms with E-state index < -0.39 is 0 Å². The maximum absolute atomic E-state index is 4.63. The Morgan fingerprint density at radius 1 is 0.640 bits per heavy atom. The highest BCUT2D eigenvalue weighted by atomic mass is 15.0. The molecule has 0 aliphatic heterocycles. The summed E-state index contributed by atoms with van der Waals surface area (Å²) in [4.78, 5) is 9.24. The number of aromatic nitrogens is 3. The van der Waals surface area contributed by atoms with Crippen molar-refractivity contribution in [2.75, 3.05) is 0 Å². The van der Waals surface area contributed by atoms with E-state index in [2.05, 4.69) is 75.2 Å². The van der Waals surface area contributed by atoms with Gasteiger partial charge in [0.25, 0.3) is 0 Å². The van der Waals surface area contributed by atoms with Crippen LogP contribution in [0.1, 0.15) is 0 Å². The third kappa shape index (κ3) is 2.13. The highest BCUT2D eigenvalue weighted by Crippen LogP contribution is 2.35. The summed E-state index contributed by atoms with van der Waals surface area (Å²) in [5, 5.41) is 1.14. The fourth-order valence-corrected chi connectivity index (χ4v) is 3.43. The molecular formula is C22H15N3. The normalized spacial score (nSPS) is 11.2. The maximum atomic E-state index is 4.63. The number of para-hydroxylation sites is 2. The predicted octanol–water partition coefficient (Wildman–Crippen LogP) is 5.24. The van der Waals surface area contributed by atoms with E-state index in [1.54, 1.807) is 6.33 Å². The molecule has 5 aromatic rings. The molecule has 0 atom stereocenters. The van der Waals surface area contributed by atoms with Crippen LogP contribution in [0.15, 0.2) is 91.3 Å². The zero-order valence-corrected chi connectivity index (χ0v) is 13.5. The van der Waals surface area contributed by atoms with E-state index in [-0.39, 0.29) is 0 Å². The quantitative estimate of drug-likeness (QED) is 0.445. The number of rotatable bonds is 2. The third-order valence-corrected chi connectivity index (χ3v) is 4.51. The molecule has 118 valence electrons. The van der Waals surface area contributed by atoms with Gasteiger partial charge in [-0.15, -0.1) is 0 Å². The summed E-state index contributed by atoms with van der Waals surface area (Å²) in [7, 11) is 0. The second kappa shape index (κ2) is 5.56. The van der Waals surface area contributed by atoms with E-state index >= 15 is 0 Å². The highest BCUT2D eigenvalue weighted by molar-refractivity contribution is 6.10. The first-order valence-corrected chi connectivity index (χ1v) is 8.28. The van der Waals surface area contributed by atoms with Gasteiger partial charge >= 0.3 is 0 Å². The van der Waals surface area contributed by atoms with Gasteiger partial charge in [0, 0.05) is 16.6 Å². The van der Waals surface area contributed by atoms with E-state index in [9.17, 15) is 0 Å². The minimum atomic E-state index is 0.950. The van der Waals surface area contributed by atoms with Crippen molar-refractivity contribution in [2.24, 2.45) is 0 Å². The molecule has 0 amide bonds. The Kier molecular flexibility index (Phi) is 3.10. The molecule has 3 nitrogen and oxygen atoms in total. The molecule has 5 rings (SSSR count). The van der Waals surface area contributed by atoms with Gasteiger partial charge in [-0.2, -0.15) is 0 Å². The van der Waals surface area contributed by atoms with Gasteiger partial charge in [0.05, 0.1) is 16.7 Å². The van der Waals surface area contributed by atoms with Gasteiger partial charge in [-0.1, -0.05) is 66.7 Å². The van der Waals surface area contributed by atoms with Crippen LogP contribution in [-0.4, -0.2) is 14.5 Å². The van der Waals surface area contributed by atoms with Crippen molar-refractivity contribution in [2.45, 2.75) is 0 Å². The fraction of sp³-hybridized carbons (Fsp3) is 0. The van der Waals surface area contributed by atoms with Crippen molar-refractivity contribution in [3.63, 3.8) is 0 Å². The van der Waals surface area contributed by atoms with Gasteiger partial charge in [0.15, 0.2) is 0 Å². The molecule has 0 spiro atoms. The number of nitrogens with zero attached hydrogens (tertiary/aromatic N) is 3. The standard InChI is InChI=1S/C22H15N3/c1-3-9-16(10-4-1)20-22-21(24-15-23-20)18-13-7-8-14-19(18)25(22)17-11-5-2-6-12-17/h1-15H.